The standard InChI is InChI=1S/C45H52ClFN8O6/c1-27-21-53(32-7-5-30-24-55(38-9-10-42(58)51-45(38)59)43(33(30)18-32)39(57)25-56)22-28(2)54(27)23-29-11-14-52(15-12-29)13-4-16-61-41-19-34-37(20-40(41)60-3)48-26-49-44(34)50-31-6-8-36(47)35(46)17-31/h5-8,17-20,25-29,38,43H,4,9-16,21-24H2,1-3H3,(H,48,49,50)(H,51,58,59). The van der Waals surface area contributed by atoms with Gasteiger partial charge in [-0.1, -0.05) is 17.7 Å². The molecule has 3 saturated heterocycles. The average molecular weight is 855 g/mol. The number of halogens is 2. The molecule has 14 nitrogen and oxygen atoms in total. The summed E-state index contributed by atoms with van der Waals surface area (Å²) in [6.07, 6.45) is 5.45. The molecule has 3 aromatic carbocycles. The zero-order chi connectivity index (χ0) is 42.8. The summed E-state index contributed by atoms with van der Waals surface area (Å²) in [4.78, 5) is 67.5. The molecule has 322 valence electrons. The summed E-state index contributed by atoms with van der Waals surface area (Å²) >= 11 is 6.00. The zero-order valence-corrected chi connectivity index (χ0v) is 35.5. The van der Waals surface area contributed by atoms with Gasteiger partial charge in [-0.25, -0.2) is 14.4 Å². The number of aromatic nitrogens is 2. The van der Waals surface area contributed by atoms with Gasteiger partial charge in [0.15, 0.2) is 17.8 Å². The van der Waals surface area contributed by atoms with Gasteiger partial charge in [0, 0.05) is 74.1 Å². The lowest BCUT2D eigenvalue weighted by Gasteiger charge is -2.47. The van der Waals surface area contributed by atoms with Crippen molar-refractivity contribution in [2.45, 2.75) is 76.7 Å². The van der Waals surface area contributed by atoms with Gasteiger partial charge >= 0.3 is 0 Å². The number of anilines is 3. The Balaban J connectivity index is 0.817. The van der Waals surface area contributed by atoms with Crippen LogP contribution in [0.3, 0.4) is 0 Å². The summed E-state index contributed by atoms with van der Waals surface area (Å²) in [6.45, 7) is 11.2. The smallest absolute Gasteiger partial charge is 0.243 e. The summed E-state index contributed by atoms with van der Waals surface area (Å²) < 4.78 is 25.6. The van der Waals surface area contributed by atoms with E-state index in [0.29, 0.717) is 72.4 Å². The van der Waals surface area contributed by atoms with Gasteiger partial charge in [-0.15, -0.1) is 0 Å². The minimum atomic E-state index is -0.844. The fourth-order valence-electron chi connectivity index (χ4n) is 9.55. The van der Waals surface area contributed by atoms with Gasteiger partial charge in [-0.3, -0.25) is 34.3 Å². The van der Waals surface area contributed by atoms with Gasteiger partial charge in [0.2, 0.25) is 17.6 Å². The van der Waals surface area contributed by atoms with Crippen LogP contribution in [-0.2, 0) is 25.7 Å². The fourth-order valence-corrected chi connectivity index (χ4v) is 9.73. The number of likely N-dealkylation sites (tertiary alicyclic amines) is 1. The number of fused-ring (bicyclic) bond motifs is 2. The summed E-state index contributed by atoms with van der Waals surface area (Å²) in [6, 6.07) is 13.4. The Morgan fingerprint density at radius 3 is 2.52 bits per heavy atom. The molecule has 2 amide bonds. The molecule has 5 heterocycles. The quantitative estimate of drug-likeness (QED) is 0.0694. The van der Waals surface area contributed by atoms with Crippen LogP contribution in [0.4, 0.5) is 21.6 Å². The van der Waals surface area contributed by atoms with Crippen molar-refractivity contribution < 1.29 is 33.0 Å². The van der Waals surface area contributed by atoms with Gasteiger partial charge in [0.25, 0.3) is 0 Å². The number of piperidine rings is 2. The number of ether oxygens (including phenoxy) is 2. The molecule has 1 aromatic heterocycles. The van der Waals surface area contributed by atoms with Gasteiger partial charge in [0.1, 0.15) is 24.0 Å². The van der Waals surface area contributed by atoms with Crippen molar-refractivity contribution in [1.29, 1.82) is 0 Å². The number of ketones is 1. The number of Topliss-reactive ketones (excluding diaryl/α,β-unsaturated/α-hetero) is 1. The molecular weight excluding hydrogens is 803 g/mol. The Bertz CT molecular complexity index is 2300. The number of nitrogens with zero attached hydrogens (tertiary/aromatic N) is 6. The maximum atomic E-state index is 13.7. The molecule has 8 rings (SSSR count). The van der Waals surface area contributed by atoms with Crippen molar-refractivity contribution in [3.05, 3.63) is 76.8 Å². The number of benzene rings is 3. The number of imide groups is 1. The molecule has 61 heavy (non-hydrogen) atoms. The molecule has 0 bridgehead atoms. The number of nitrogens with one attached hydrogen (secondary N) is 2. The fraction of sp³-hybridized carbons (Fsp3) is 0.467. The first-order valence-corrected chi connectivity index (χ1v) is 21.5. The van der Waals surface area contributed by atoms with Crippen LogP contribution >= 0.6 is 11.6 Å². The van der Waals surface area contributed by atoms with E-state index in [2.05, 4.69) is 55.2 Å². The van der Waals surface area contributed by atoms with Crippen molar-refractivity contribution in [2.24, 2.45) is 5.92 Å². The van der Waals surface area contributed by atoms with Crippen LogP contribution in [0.2, 0.25) is 5.02 Å². The molecule has 0 spiro atoms. The van der Waals surface area contributed by atoms with Crippen LogP contribution in [0.5, 0.6) is 11.5 Å². The van der Waals surface area contributed by atoms with Crippen LogP contribution in [-0.4, -0.2) is 120 Å². The number of amides is 2. The monoisotopic (exact) mass is 854 g/mol. The van der Waals surface area contributed by atoms with Crippen molar-refractivity contribution >= 4 is 63.6 Å². The molecular formula is C45H52ClFN8O6. The van der Waals surface area contributed by atoms with E-state index in [4.69, 9.17) is 21.1 Å². The minimum Gasteiger partial charge on any atom is -0.493 e. The number of rotatable bonds is 14. The van der Waals surface area contributed by atoms with Crippen LogP contribution in [0, 0.1) is 11.7 Å². The number of piperazine rings is 1. The minimum absolute atomic E-state index is 0.0165. The third-order valence-corrected chi connectivity index (χ3v) is 13.0. The average Bonchev–Trinajstić information content (AvgIpc) is 3.63. The van der Waals surface area contributed by atoms with Crippen molar-refractivity contribution in [3.63, 3.8) is 0 Å². The first-order chi connectivity index (χ1) is 29.5. The number of carbonyl (C=O) groups excluding carboxylic acids is 4. The SMILES string of the molecule is COc1cc2ncnc(Nc3ccc(F)c(Cl)c3)c2cc1OCCCN1CCC(CN2C(C)CN(c3ccc4c(c3)C(C(=O)C=O)N(C3CCC(=O)NC3=O)C4)CC2C)CC1. The number of hydrogen-bond acceptors (Lipinski definition) is 13. The summed E-state index contributed by atoms with van der Waals surface area (Å²) in [5.74, 6) is 0.516. The summed E-state index contributed by atoms with van der Waals surface area (Å²) in [5, 5.41) is 6.35. The predicted molar refractivity (Wildman–Crippen MR) is 230 cm³/mol. The Morgan fingerprint density at radius 1 is 1.02 bits per heavy atom. The highest BCUT2D eigenvalue weighted by molar-refractivity contribution is 6.31. The largest absolute Gasteiger partial charge is 0.493 e. The van der Waals surface area contributed by atoms with Gasteiger partial charge < -0.3 is 24.6 Å². The maximum absolute atomic E-state index is 13.7. The molecule has 0 saturated carbocycles. The molecule has 4 aliphatic heterocycles. The third kappa shape index (κ3) is 9.20. The van der Waals surface area contributed by atoms with E-state index in [1.54, 1.807) is 18.1 Å². The topological polar surface area (TPSA) is 150 Å². The highest BCUT2D eigenvalue weighted by Gasteiger charge is 2.44. The number of methoxy groups -OCH3 is 1. The van der Waals surface area contributed by atoms with E-state index >= 15 is 0 Å². The number of aldehydes is 1. The lowest BCUT2D eigenvalue weighted by atomic mass is 9.93. The van der Waals surface area contributed by atoms with Crippen LogP contribution in [0.25, 0.3) is 10.9 Å². The zero-order valence-electron chi connectivity index (χ0n) is 34.7. The molecule has 4 unspecified atom stereocenters. The van der Waals surface area contributed by atoms with Gasteiger partial charge in [-0.2, -0.15) is 0 Å². The molecule has 4 atom stereocenters. The molecule has 0 radical (unpaired) electrons. The van der Waals surface area contributed by atoms with E-state index in [0.717, 1.165) is 80.7 Å². The second-order valence-corrected chi connectivity index (χ2v) is 17.1. The molecule has 3 fully saturated rings. The summed E-state index contributed by atoms with van der Waals surface area (Å²) in [7, 11) is 1.60. The molecule has 0 aliphatic carbocycles. The molecule has 4 aromatic rings. The van der Waals surface area contributed by atoms with E-state index in [1.807, 2.05) is 24.3 Å². The van der Waals surface area contributed by atoms with E-state index in [9.17, 15) is 23.6 Å². The van der Waals surface area contributed by atoms with E-state index < -0.39 is 29.6 Å². The predicted octanol–water partition coefficient (Wildman–Crippen LogP) is 5.68. The van der Waals surface area contributed by atoms with Gasteiger partial charge in [0.05, 0.1) is 30.3 Å². The van der Waals surface area contributed by atoms with Crippen LogP contribution in [0.1, 0.15) is 63.1 Å². The van der Waals surface area contributed by atoms with Crippen LogP contribution in [0.15, 0.2) is 54.9 Å². The summed E-state index contributed by atoms with van der Waals surface area (Å²) in [5.41, 5.74) is 3.97. The second kappa shape index (κ2) is 18.4. The Kier molecular flexibility index (Phi) is 12.8. The lowest BCUT2D eigenvalue weighted by Crippen LogP contribution is -2.58. The molecule has 16 heteroatoms. The number of hydrogen-bond donors (Lipinski definition) is 2. The van der Waals surface area contributed by atoms with Gasteiger partial charge in [-0.05, 0) is 106 Å². The lowest BCUT2D eigenvalue weighted by molar-refractivity contribution is -0.141. The molecule has 4 aliphatic rings. The Morgan fingerprint density at radius 2 is 1.80 bits per heavy atom. The third-order valence-electron chi connectivity index (χ3n) is 12.7. The Hall–Kier alpha value is -5.22. The van der Waals surface area contributed by atoms with Crippen molar-refractivity contribution in [1.82, 2.24) is 30.0 Å². The number of carbonyl (C=O) groups is 4. The normalized spacial score (nSPS) is 22.9. The highest BCUT2D eigenvalue weighted by atomic mass is 35.5. The van der Waals surface area contributed by atoms with Crippen molar-refractivity contribution in [2.75, 3.05) is 63.2 Å². The molecule has 2 N–H and O–H groups in total. The van der Waals surface area contributed by atoms with E-state index in [-0.39, 0.29) is 17.4 Å². The maximum Gasteiger partial charge on any atom is 0.243 e. The second-order valence-electron chi connectivity index (χ2n) is 16.7. The van der Waals surface area contributed by atoms with Crippen LogP contribution < -0.4 is 25.0 Å². The first-order valence-electron chi connectivity index (χ1n) is 21.1. The highest BCUT2D eigenvalue weighted by Crippen LogP contribution is 2.40. The first kappa shape index (κ1) is 42.5. The van der Waals surface area contributed by atoms with E-state index in [1.165, 1.54) is 18.5 Å². The van der Waals surface area contributed by atoms with Crippen molar-refractivity contribution in [3.8, 4) is 11.5 Å². The Labute approximate surface area is 359 Å².